The van der Waals surface area contributed by atoms with Gasteiger partial charge in [-0.1, -0.05) is 25.9 Å². The summed E-state index contributed by atoms with van der Waals surface area (Å²) in [6.07, 6.45) is 0. The molecular weight excluding hydrogens is 258 g/mol. The molecule has 0 aliphatic carbocycles. The second kappa shape index (κ2) is 5.43. The lowest BCUT2D eigenvalue weighted by atomic mass is 9.96. The molecule has 2 rings (SSSR count). The van der Waals surface area contributed by atoms with E-state index >= 15 is 0 Å². The van der Waals surface area contributed by atoms with E-state index < -0.39 is 0 Å². The lowest BCUT2D eigenvalue weighted by Crippen LogP contribution is -2.19. The van der Waals surface area contributed by atoms with Gasteiger partial charge in [-0.2, -0.15) is 4.98 Å². The topological polar surface area (TPSA) is 51.0 Å². The van der Waals surface area contributed by atoms with Gasteiger partial charge < -0.3 is 9.84 Å². The van der Waals surface area contributed by atoms with Crippen molar-refractivity contribution in [1.29, 1.82) is 0 Å². The van der Waals surface area contributed by atoms with Gasteiger partial charge in [-0.25, -0.2) is 0 Å². The van der Waals surface area contributed by atoms with Gasteiger partial charge in [0.15, 0.2) is 5.82 Å². The Kier molecular flexibility index (Phi) is 4.06. The zero-order valence-corrected chi connectivity index (χ0v) is 13.0. The molecule has 0 aliphatic rings. The molecule has 1 N–H and O–H groups in total. The van der Waals surface area contributed by atoms with Crippen LogP contribution in [0, 0.1) is 6.92 Å². The first-order chi connectivity index (χ1) is 8.88. The van der Waals surface area contributed by atoms with Crippen LogP contribution in [0.25, 0.3) is 0 Å². The number of nitrogens with zero attached hydrogens (tertiary/aromatic N) is 2. The molecule has 0 spiro atoms. The van der Waals surface area contributed by atoms with E-state index in [0.29, 0.717) is 5.89 Å². The Morgan fingerprint density at radius 3 is 2.68 bits per heavy atom. The van der Waals surface area contributed by atoms with E-state index in [1.807, 2.05) is 6.92 Å². The van der Waals surface area contributed by atoms with Gasteiger partial charge in [0.25, 0.3) is 0 Å². The monoisotopic (exact) mass is 279 g/mol. The Bertz CT molecular complexity index is 539. The van der Waals surface area contributed by atoms with Gasteiger partial charge in [-0.15, -0.1) is 11.3 Å². The number of hydrogen-bond acceptors (Lipinski definition) is 5. The van der Waals surface area contributed by atoms with Gasteiger partial charge in [-0.05, 0) is 30.9 Å². The van der Waals surface area contributed by atoms with E-state index in [4.69, 9.17) is 4.52 Å². The van der Waals surface area contributed by atoms with Crippen LogP contribution in [0.4, 0.5) is 0 Å². The number of rotatable bonds is 4. The summed E-state index contributed by atoms with van der Waals surface area (Å²) in [5.41, 5.74) is 1.25. The summed E-state index contributed by atoms with van der Waals surface area (Å²) in [4.78, 5) is 5.82. The highest BCUT2D eigenvalue weighted by Gasteiger charge is 2.22. The molecule has 0 fully saturated rings. The minimum absolute atomic E-state index is 0.0603. The minimum atomic E-state index is -0.0776. The molecule has 0 amide bonds. The van der Waals surface area contributed by atoms with E-state index in [1.165, 1.54) is 10.4 Å². The van der Waals surface area contributed by atoms with Crippen LogP contribution in [0.15, 0.2) is 16.0 Å². The normalized spacial score (nSPS) is 13.7. The Hall–Kier alpha value is -1.20. The number of aromatic nitrogens is 2. The number of hydrogen-bond donors (Lipinski definition) is 1. The predicted molar refractivity (Wildman–Crippen MR) is 77.3 cm³/mol. The van der Waals surface area contributed by atoms with Gasteiger partial charge in [0, 0.05) is 16.8 Å². The Balaban J connectivity index is 1.98. The van der Waals surface area contributed by atoms with Crippen molar-refractivity contribution in [2.45, 2.75) is 52.6 Å². The summed E-state index contributed by atoms with van der Waals surface area (Å²) >= 11 is 1.77. The second-order valence-electron chi connectivity index (χ2n) is 5.84. The first-order valence-electron chi connectivity index (χ1n) is 6.48. The molecule has 5 heteroatoms. The maximum absolute atomic E-state index is 5.33. The van der Waals surface area contributed by atoms with Crippen molar-refractivity contribution in [3.63, 3.8) is 0 Å². The predicted octanol–water partition coefficient (Wildman–Crippen LogP) is 3.59. The minimum Gasteiger partial charge on any atom is -0.338 e. The molecular formula is C14H21N3OS. The van der Waals surface area contributed by atoms with Crippen LogP contribution < -0.4 is 5.32 Å². The average molecular weight is 279 g/mol. The third-order valence-corrected chi connectivity index (χ3v) is 4.04. The maximum atomic E-state index is 5.33. The van der Waals surface area contributed by atoms with E-state index in [0.717, 1.165) is 12.4 Å². The van der Waals surface area contributed by atoms with E-state index in [9.17, 15) is 0 Å². The highest BCUT2D eigenvalue weighted by Crippen LogP contribution is 2.21. The fourth-order valence-electron chi connectivity index (χ4n) is 1.63. The lowest BCUT2D eigenvalue weighted by Gasteiger charge is -2.11. The number of aryl methyl sites for hydroxylation is 1. The van der Waals surface area contributed by atoms with Gasteiger partial charge in [0.2, 0.25) is 5.89 Å². The van der Waals surface area contributed by atoms with Crippen LogP contribution >= 0.6 is 11.3 Å². The summed E-state index contributed by atoms with van der Waals surface area (Å²) in [6.45, 7) is 11.2. The molecule has 0 radical (unpaired) electrons. The van der Waals surface area contributed by atoms with Crippen molar-refractivity contribution in [2.24, 2.45) is 0 Å². The van der Waals surface area contributed by atoms with Crippen molar-refractivity contribution in [3.05, 3.63) is 33.6 Å². The molecule has 2 aromatic rings. The summed E-state index contributed by atoms with van der Waals surface area (Å²) < 4.78 is 5.33. The number of nitrogens with one attached hydrogen (secondary N) is 1. The van der Waals surface area contributed by atoms with Crippen LogP contribution in [0.1, 0.15) is 55.9 Å². The van der Waals surface area contributed by atoms with Gasteiger partial charge >= 0.3 is 0 Å². The molecule has 1 unspecified atom stereocenters. The fourth-order valence-corrected chi connectivity index (χ4v) is 2.49. The number of thiophene rings is 1. The molecule has 2 aromatic heterocycles. The molecule has 0 saturated carbocycles. The van der Waals surface area contributed by atoms with E-state index in [1.54, 1.807) is 11.3 Å². The molecule has 4 nitrogen and oxygen atoms in total. The van der Waals surface area contributed by atoms with Gasteiger partial charge in [-0.3, -0.25) is 0 Å². The van der Waals surface area contributed by atoms with Gasteiger partial charge in [0.05, 0.1) is 6.04 Å². The van der Waals surface area contributed by atoms with Crippen LogP contribution in [0.3, 0.4) is 0 Å². The maximum Gasteiger partial charge on any atom is 0.243 e. The molecule has 0 aliphatic heterocycles. The van der Waals surface area contributed by atoms with Crippen molar-refractivity contribution in [3.8, 4) is 0 Å². The molecule has 104 valence electrons. The first kappa shape index (κ1) is 14.2. The third-order valence-electron chi connectivity index (χ3n) is 3.02. The van der Waals surface area contributed by atoms with Crippen molar-refractivity contribution >= 4 is 11.3 Å². The molecule has 2 heterocycles. The standard InChI is InChI=1S/C14H21N3OS/c1-9-6-7-19-11(9)8-15-10(2)12-16-13(17-18-12)14(3,4)5/h6-7,10,15H,8H2,1-5H3. The zero-order valence-electron chi connectivity index (χ0n) is 12.2. The SMILES string of the molecule is Cc1ccsc1CNC(C)c1nc(C(C)(C)C)no1. The van der Waals surface area contributed by atoms with Crippen molar-refractivity contribution in [1.82, 2.24) is 15.5 Å². The van der Waals surface area contributed by atoms with Crippen LogP contribution in [0.2, 0.25) is 0 Å². The zero-order chi connectivity index (χ0) is 14.0. The second-order valence-corrected chi connectivity index (χ2v) is 6.84. The average Bonchev–Trinajstić information content (AvgIpc) is 2.93. The molecule has 0 bridgehead atoms. The lowest BCUT2D eigenvalue weighted by molar-refractivity contribution is 0.331. The van der Waals surface area contributed by atoms with Crippen molar-refractivity contribution < 1.29 is 4.52 Å². The van der Waals surface area contributed by atoms with Crippen LogP contribution in [-0.2, 0) is 12.0 Å². The van der Waals surface area contributed by atoms with Crippen LogP contribution in [0.5, 0.6) is 0 Å². The fraction of sp³-hybridized carbons (Fsp3) is 0.571. The molecule has 1 atom stereocenters. The summed E-state index contributed by atoms with van der Waals surface area (Å²) in [5.74, 6) is 1.41. The smallest absolute Gasteiger partial charge is 0.243 e. The summed E-state index contributed by atoms with van der Waals surface area (Å²) in [7, 11) is 0. The Morgan fingerprint density at radius 1 is 1.42 bits per heavy atom. The van der Waals surface area contributed by atoms with Crippen LogP contribution in [-0.4, -0.2) is 10.1 Å². The van der Waals surface area contributed by atoms with Crippen molar-refractivity contribution in [2.75, 3.05) is 0 Å². The first-order valence-corrected chi connectivity index (χ1v) is 7.36. The quantitative estimate of drug-likeness (QED) is 0.929. The summed E-state index contributed by atoms with van der Waals surface area (Å²) in [5, 5.41) is 9.58. The molecule has 0 saturated heterocycles. The highest BCUT2D eigenvalue weighted by molar-refractivity contribution is 7.10. The molecule has 0 aromatic carbocycles. The Labute approximate surface area is 118 Å². The Morgan fingerprint density at radius 2 is 2.16 bits per heavy atom. The largest absolute Gasteiger partial charge is 0.338 e. The molecule has 19 heavy (non-hydrogen) atoms. The van der Waals surface area contributed by atoms with E-state index in [-0.39, 0.29) is 11.5 Å². The van der Waals surface area contributed by atoms with E-state index in [2.05, 4.69) is 54.6 Å². The third kappa shape index (κ3) is 3.42. The van der Waals surface area contributed by atoms with Gasteiger partial charge in [0.1, 0.15) is 0 Å². The summed E-state index contributed by atoms with van der Waals surface area (Å²) in [6, 6.07) is 2.20. The highest BCUT2D eigenvalue weighted by atomic mass is 32.1.